The standard InChI is InChI=1S/C22H33FN2O2S/c1-28-14-10-22(26)25(17-20-6-4-13-27-20)15-18-8-11-24(12-9-18)16-19-5-2-3-7-21(19)23/h2-3,5,7,18,20H,4,6,8-17H2,1H3. The maximum absolute atomic E-state index is 13.9. The van der Waals surface area contributed by atoms with Gasteiger partial charge in [-0.25, -0.2) is 4.39 Å². The first-order valence-electron chi connectivity index (χ1n) is 10.5. The number of carbonyl (C=O) groups excluding carboxylic acids is 1. The molecular weight excluding hydrogens is 375 g/mol. The molecule has 0 spiro atoms. The van der Waals surface area contributed by atoms with Crippen molar-refractivity contribution < 1.29 is 13.9 Å². The lowest BCUT2D eigenvalue weighted by Crippen LogP contribution is -2.43. The molecule has 0 radical (unpaired) electrons. The van der Waals surface area contributed by atoms with Gasteiger partial charge in [0, 0.05) is 44.0 Å². The lowest BCUT2D eigenvalue weighted by atomic mass is 9.95. The molecule has 2 aliphatic heterocycles. The molecule has 2 saturated heterocycles. The predicted octanol–water partition coefficient (Wildman–Crippen LogP) is 3.80. The van der Waals surface area contributed by atoms with Crippen LogP contribution in [0.25, 0.3) is 0 Å². The Balaban J connectivity index is 1.49. The van der Waals surface area contributed by atoms with Gasteiger partial charge in [0.25, 0.3) is 0 Å². The van der Waals surface area contributed by atoms with E-state index in [4.69, 9.17) is 4.74 Å². The van der Waals surface area contributed by atoms with Crippen molar-refractivity contribution in [1.82, 2.24) is 9.80 Å². The van der Waals surface area contributed by atoms with E-state index in [1.807, 2.05) is 18.4 Å². The summed E-state index contributed by atoms with van der Waals surface area (Å²) in [5, 5.41) is 0. The Bertz CT molecular complexity index is 616. The number of halogens is 1. The Labute approximate surface area is 172 Å². The molecular formula is C22H33FN2O2S. The first-order valence-corrected chi connectivity index (χ1v) is 11.9. The quantitative estimate of drug-likeness (QED) is 0.622. The fourth-order valence-electron chi connectivity index (χ4n) is 4.17. The molecule has 156 valence electrons. The summed E-state index contributed by atoms with van der Waals surface area (Å²) >= 11 is 1.72. The van der Waals surface area contributed by atoms with Crippen molar-refractivity contribution in [3.63, 3.8) is 0 Å². The molecule has 2 heterocycles. The van der Waals surface area contributed by atoms with Gasteiger partial charge in [0.05, 0.1) is 6.10 Å². The first kappa shape index (κ1) is 21.6. The Morgan fingerprint density at radius 2 is 2.04 bits per heavy atom. The highest BCUT2D eigenvalue weighted by Crippen LogP contribution is 2.23. The van der Waals surface area contributed by atoms with Crippen molar-refractivity contribution in [2.75, 3.05) is 44.8 Å². The average molecular weight is 409 g/mol. The molecule has 1 unspecified atom stereocenters. The number of thioether (sulfide) groups is 1. The van der Waals surface area contributed by atoms with Gasteiger partial charge in [-0.3, -0.25) is 9.69 Å². The summed E-state index contributed by atoms with van der Waals surface area (Å²) in [7, 11) is 0. The third-order valence-corrected chi connectivity index (χ3v) is 6.47. The van der Waals surface area contributed by atoms with Gasteiger partial charge in [0.15, 0.2) is 0 Å². The molecule has 0 aromatic heterocycles. The van der Waals surface area contributed by atoms with Crippen LogP contribution in [0, 0.1) is 11.7 Å². The predicted molar refractivity (Wildman–Crippen MR) is 113 cm³/mol. The van der Waals surface area contributed by atoms with E-state index in [0.717, 1.165) is 69.8 Å². The number of hydrogen-bond acceptors (Lipinski definition) is 4. The molecule has 1 atom stereocenters. The number of hydrogen-bond donors (Lipinski definition) is 0. The van der Waals surface area contributed by atoms with Crippen LogP contribution in [0.1, 0.15) is 37.7 Å². The number of benzene rings is 1. The van der Waals surface area contributed by atoms with E-state index in [2.05, 4.69) is 9.80 Å². The van der Waals surface area contributed by atoms with Crippen LogP contribution < -0.4 is 0 Å². The number of amides is 1. The number of nitrogens with zero attached hydrogens (tertiary/aromatic N) is 2. The van der Waals surface area contributed by atoms with Gasteiger partial charge in [-0.2, -0.15) is 11.8 Å². The summed E-state index contributed by atoms with van der Waals surface area (Å²) in [6, 6.07) is 7.04. The van der Waals surface area contributed by atoms with Crippen molar-refractivity contribution in [1.29, 1.82) is 0 Å². The van der Waals surface area contributed by atoms with Crippen LogP contribution in [0.4, 0.5) is 4.39 Å². The zero-order chi connectivity index (χ0) is 19.8. The number of carbonyl (C=O) groups is 1. The fraction of sp³-hybridized carbons (Fsp3) is 0.682. The molecule has 6 heteroatoms. The van der Waals surface area contributed by atoms with Gasteiger partial charge in [-0.15, -0.1) is 0 Å². The second-order valence-electron chi connectivity index (χ2n) is 7.99. The van der Waals surface area contributed by atoms with Crippen LogP contribution in [0.5, 0.6) is 0 Å². The second-order valence-corrected chi connectivity index (χ2v) is 8.97. The molecule has 1 aromatic rings. The van der Waals surface area contributed by atoms with Crippen LogP contribution in [-0.2, 0) is 16.1 Å². The van der Waals surface area contributed by atoms with Crippen LogP contribution in [0.15, 0.2) is 24.3 Å². The van der Waals surface area contributed by atoms with E-state index >= 15 is 0 Å². The SMILES string of the molecule is CSCCC(=O)N(CC1CCN(Cc2ccccc2F)CC1)CC1CCCO1. The van der Waals surface area contributed by atoms with Crippen molar-refractivity contribution >= 4 is 17.7 Å². The molecule has 3 rings (SSSR count). The lowest BCUT2D eigenvalue weighted by Gasteiger charge is -2.35. The van der Waals surface area contributed by atoms with Crippen LogP contribution in [0.2, 0.25) is 0 Å². The number of likely N-dealkylation sites (tertiary alicyclic amines) is 1. The molecule has 0 saturated carbocycles. The topological polar surface area (TPSA) is 32.8 Å². The lowest BCUT2D eigenvalue weighted by molar-refractivity contribution is -0.133. The van der Waals surface area contributed by atoms with E-state index < -0.39 is 0 Å². The van der Waals surface area contributed by atoms with Gasteiger partial charge in [0.2, 0.25) is 5.91 Å². The van der Waals surface area contributed by atoms with Crippen molar-refractivity contribution in [2.45, 2.75) is 44.8 Å². The van der Waals surface area contributed by atoms with E-state index in [0.29, 0.717) is 18.9 Å². The second kappa shape index (κ2) is 11.2. The maximum atomic E-state index is 13.9. The average Bonchev–Trinajstić information content (AvgIpc) is 3.22. The van der Waals surface area contributed by atoms with Gasteiger partial charge in [-0.05, 0) is 57.0 Å². The summed E-state index contributed by atoms with van der Waals surface area (Å²) in [6.07, 6.45) is 7.15. The molecule has 1 amide bonds. The number of rotatable bonds is 9. The molecule has 0 N–H and O–H groups in total. The summed E-state index contributed by atoms with van der Waals surface area (Å²) in [5.74, 6) is 1.55. The smallest absolute Gasteiger partial charge is 0.223 e. The highest BCUT2D eigenvalue weighted by Gasteiger charge is 2.27. The Hall–Kier alpha value is -1.11. The van der Waals surface area contributed by atoms with Gasteiger partial charge >= 0.3 is 0 Å². The Morgan fingerprint density at radius 3 is 2.71 bits per heavy atom. The van der Waals surface area contributed by atoms with E-state index in [9.17, 15) is 9.18 Å². The summed E-state index contributed by atoms with van der Waals surface area (Å²) in [5.41, 5.74) is 0.771. The maximum Gasteiger partial charge on any atom is 0.223 e. The van der Waals surface area contributed by atoms with Crippen LogP contribution >= 0.6 is 11.8 Å². The molecule has 4 nitrogen and oxygen atoms in total. The van der Waals surface area contributed by atoms with Crippen LogP contribution in [-0.4, -0.2) is 66.6 Å². The molecule has 2 fully saturated rings. The third kappa shape index (κ3) is 6.46. The molecule has 2 aliphatic rings. The largest absolute Gasteiger partial charge is 0.376 e. The van der Waals surface area contributed by atoms with E-state index in [-0.39, 0.29) is 17.8 Å². The summed E-state index contributed by atoms with van der Waals surface area (Å²) in [6.45, 7) is 5.00. The molecule has 0 bridgehead atoms. The normalized spacial score (nSPS) is 21.1. The van der Waals surface area contributed by atoms with Gasteiger partial charge in [0.1, 0.15) is 5.82 Å². The molecule has 0 aliphatic carbocycles. The van der Waals surface area contributed by atoms with Crippen LogP contribution in [0.3, 0.4) is 0 Å². The number of piperidine rings is 1. The minimum absolute atomic E-state index is 0.119. The monoisotopic (exact) mass is 408 g/mol. The van der Waals surface area contributed by atoms with E-state index in [1.54, 1.807) is 17.8 Å². The first-order chi connectivity index (χ1) is 13.7. The fourth-order valence-corrected chi connectivity index (χ4v) is 4.54. The van der Waals surface area contributed by atoms with E-state index in [1.165, 1.54) is 6.07 Å². The van der Waals surface area contributed by atoms with Crippen molar-refractivity contribution in [2.24, 2.45) is 5.92 Å². The van der Waals surface area contributed by atoms with Crippen molar-refractivity contribution in [3.05, 3.63) is 35.6 Å². The number of ether oxygens (including phenoxy) is 1. The highest BCUT2D eigenvalue weighted by molar-refractivity contribution is 7.98. The van der Waals surface area contributed by atoms with Crippen molar-refractivity contribution in [3.8, 4) is 0 Å². The summed E-state index contributed by atoms with van der Waals surface area (Å²) in [4.78, 5) is 17.1. The third-order valence-electron chi connectivity index (χ3n) is 5.86. The molecule has 28 heavy (non-hydrogen) atoms. The highest BCUT2D eigenvalue weighted by atomic mass is 32.2. The molecule has 1 aromatic carbocycles. The minimum atomic E-state index is -0.119. The zero-order valence-corrected chi connectivity index (χ0v) is 17.8. The minimum Gasteiger partial charge on any atom is -0.376 e. The van der Waals surface area contributed by atoms with Gasteiger partial charge < -0.3 is 9.64 Å². The Kier molecular flexibility index (Phi) is 8.62. The zero-order valence-electron chi connectivity index (χ0n) is 16.9. The summed E-state index contributed by atoms with van der Waals surface area (Å²) < 4.78 is 19.7. The van der Waals surface area contributed by atoms with Gasteiger partial charge in [-0.1, -0.05) is 18.2 Å². The Morgan fingerprint density at radius 1 is 1.25 bits per heavy atom.